The van der Waals surface area contributed by atoms with Crippen molar-refractivity contribution in [1.29, 1.82) is 0 Å². The first-order valence-corrected chi connectivity index (χ1v) is 12.1. The van der Waals surface area contributed by atoms with Crippen molar-refractivity contribution in [2.24, 2.45) is 17.8 Å². The molecule has 0 spiro atoms. The van der Waals surface area contributed by atoms with Crippen molar-refractivity contribution in [2.75, 3.05) is 0 Å². The molecule has 1 fully saturated rings. The van der Waals surface area contributed by atoms with Gasteiger partial charge in [-0.2, -0.15) is 0 Å². The third-order valence-corrected chi connectivity index (χ3v) is 6.00. The van der Waals surface area contributed by atoms with Gasteiger partial charge in [-0.1, -0.05) is 101 Å². The first kappa shape index (κ1) is 30.8. The van der Waals surface area contributed by atoms with Crippen LogP contribution in [0.3, 0.4) is 0 Å². The summed E-state index contributed by atoms with van der Waals surface area (Å²) in [5, 5.41) is 0. The van der Waals surface area contributed by atoms with Crippen LogP contribution in [0, 0.1) is 54.8 Å². The quantitative estimate of drug-likeness (QED) is 0.371. The van der Waals surface area contributed by atoms with Crippen molar-refractivity contribution < 1.29 is 17.4 Å². The van der Waals surface area contributed by atoms with Crippen LogP contribution in [0.15, 0.2) is 18.2 Å². The molecule has 0 aromatic heterocycles. The van der Waals surface area contributed by atoms with Crippen LogP contribution < -0.4 is 0 Å². The average molecular weight is 461 g/mol. The minimum absolute atomic E-state index is 0. The average Bonchev–Trinajstić information content (AvgIpc) is 2.67. The first-order chi connectivity index (χ1) is 13.8. The van der Waals surface area contributed by atoms with Crippen molar-refractivity contribution in [3.8, 4) is 0 Å². The Hall–Kier alpha value is -0.248. The fraction of sp³-hybridized carbons (Fsp3) is 0.600. The van der Waals surface area contributed by atoms with E-state index in [4.69, 9.17) is 0 Å². The Kier molecular flexibility index (Phi) is 14.0. The molecule has 1 aliphatic carbocycles. The maximum Gasteiger partial charge on any atom is 0 e. The molecule has 2 rings (SSSR count). The third-order valence-electron chi connectivity index (χ3n) is 6.00. The van der Waals surface area contributed by atoms with E-state index in [1.165, 1.54) is 34.4 Å². The van der Waals surface area contributed by atoms with Crippen LogP contribution in [0.1, 0.15) is 118 Å². The van der Waals surface area contributed by atoms with Crippen LogP contribution >= 0.6 is 0 Å². The Bertz CT molecular complexity index is 505. The van der Waals surface area contributed by atoms with Crippen molar-refractivity contribution in [1.82, 2.24) is 0 Å². The number of benzene rings is 1. The standard InChI is InChI=1S/2C15H24.Cr/c2*1-10(2)13-7-14(11(3)4)9-15(8-13)12(5)6;/h2*7-12H,1-6H3;/q;-6;. The monoisotopic (exact) mass is 460 g/mol. The summed E-state index contributed by atoms with van der Waals surface area (Å²) in [5.74, 6) is 8.19. The molecule has 1 aliphatic rings. The molecule has 0 atom stereocenters. The SMILES string of the molecule is CC(C)[C-]1[CH-][C-](C(C)C)[CH-][C-](C(C)C)[CH-]1.CC(C)c1cc(C(C)C)cc(C(C)C)c1.[Cr]. The number of hydrogen-bond acceptors (Lipinski definition) is 0. The largest absolute Gasteiger partial charge is 0.720 e. The van der Waals surface area contributed by atoms with Gasteiger partial charge in [0.25, 0.3) is 0 Å². The van der Waals surface area contributed by atoms with Crippen molar-refractivity contribution in [3.63, 3.8) is 0 Å². The molecule has 1 aromatic carbocycles. The second-order valence-corrected chi connectivity index (χ2v) is 10.8. The van der Waals surface area contributed by atoms with Gasteiger partial charge in [0, 0.05) is 17.4 Å². The van der Waals surface area contributed by atoms with E-state index in [2.05, 4.69) is 121 Å². The van der Waals surface area contributed by atoms with Crippen LogP contribution in [0.5, 0.6) is 0 Å². The zero-order valence-corrected chi connectivity index (χ0v) is 23.6. The van der Waals surface area contributed by atoms with E-state index in [1.54, 1.807) is 0 Å². The van der Waals surface area contributed by atoms with E-state index in [1.807, 2.05) is 0 Å². The molecule has 0 amide bonds. The topological polar surface area (TPSA) is 0 Å². The predicted octanol–water partition coefficient (Wildman–Crippen LogP) is 9.36. The summed E-state index contributed by atoms with van der Waals surface area (Å²) in [4.78, 5) is 0. The van der Waals surface area contributed by atoms with E-state index >= 15 is 0 Å². The molecule has 0 heterocycles. The van der Waals surface area contributed by atoms with Gasteiger partial charge in [0.15, 0.2) is 0 Å². The van der Waals surface area contributed by atoms with Gasteiger partial charge in [0.2, 0.25) is 0 Å². The Labute approximate surface area is 207 Å². The summed E-state index contributed by atoms with van der Waals surface area (Å²) in [7, 11) is 0. The molecular formula is C30H48Cr-6. The Morgan fingerprint density at radius 1 is 0.452 bits per heavy atom. The van der Waals surface area contributed by atoms with Gasteiger partial charge < -0.3 is 37.0 Å². The van der Waals surface area contributed by atoms with Gasteiger partial charge in [-0.15, -0.1) is 0 Å². The molecule has 0 N–H and O–H groups in total. The zero-order chi connectivity index (χ0) is 23.2. The smallest absolute Gasteiger partial charge is 0 e. The van der Waals surface area contributed by atoms with Gasteiger partial charge in [-0.3, -0.25) is 0 Å². The molecule has 180 valence electrons. The van der Waals surface area contributed by atoms with E-state index < -0.39 is 0 Å². The maximum absolute atomic E-state index is 2.36. The molecular weight excluding hydrogens is 412 g/mol. The number of rotatable bonds is 6. The first-order valence-electron chi connectivity index (χ1n) is 12.1. The summed E-state index contributed by atoms with van der Waals surface area (Å²) in [6, 6.07) is 7.09. The van der Waals surface area contributed by atoms with Gasteiger partial charge >= 0.3 is 0 Å². The Morgan fingerprint density at radius 3 is 0.774 bits per heavy atom. The number of hydrogen-bond donors (Lipinski definition) is 0. The fourth-order valence-electron chi connectivity index (χ4n) is 3.40. The van der Waals surface area contributed by atoms with Crippen molar-refractivity contribution >= 4 is 0 Å². The summed E-state index contributed by atoms with van der Waals surface area (Å²) in [6.07, 6.45) is 7.09. The summed E-state index contributed by atoms with van der Waals surface area (Å²) >= 11 is 0. The summed E-state index contributed by atoms with van der Waals surface area (Å²) in [6.45, 7) is 27.2. The maximum atomic E-state index is 2.36. The molecule has 31 heavy (non-hydrogen) atoms. The van der Waals surface area contributed by atoms with Crippen LogP contribution in [-0.4, -0.2) is 0 Å². The molecule has 0 unspecified atom stereocenters. The molecule has 0 nitrogen and oxygen atoms in total. The molecule has 0 radical (unpaired) electrons. The van der Waals surface area contributed by atoms with Gasteiger partial charge in [0.1, 0.15) is 0 Å². The van der Waals surface area contributed by atoms with Crippen LogP contribution in [-0.2, 0) is 17.4 Å². The summed E-state index contributed by atoms with van der Waals surface area (Å²) < 4.78 is 0. The molecule has 0 saturated heterocycles. The van der Waals surface area contributed by atoms with E-state index in [-0.39, 0.29) is 17.4 Å². The molecule has 0 bridgehead atoms. The van der Waals surface area contributed by atoms with E-state index in [9.17, 15) is 0 Å². The minimum atomic E-state index is 0. The molecule has 1 aromatic rings. The molecule has 0 aliphatic heterocycles. The zero-order valence-electron chi connectivity index (χ0n) is 22.3. The second-order valence-electron chi connectivity index (χ2n) is 10.8. The molecule has 1 saturated carbocycles. The Balaban J connectivity index is 0.000000562. The van der Waals surface area contributed by atoms with Crippen LogP contribution in [0.4, 0.5) is 0 Å². The van der Waals surface area contributed by atoms with Crippen LogP contribution in [0.25, 0.3) is 0 Å². The van der Waals surface area contributed by atoms with Gasteiger partial charge in [-0.25, -0.2) is 17.8 Å². The normalized spacial score (nSPS) is 16.5. The minimum Gasteiger partial charge on any atom is -0.720 e. The van der Waals surface area contributed by atoms with Gasteiger partial charge in [-0.05, 0) is 34.4 Å². The Morgan fingerprint density at radius 2 is 0.645 bits per heavy atom. The van der Waals surface area contributed by atoms with Gasteiger partial charge in [0.05, 0.1) is 0 Å². The van der Waals surface area contributed by atoms with Crippen molar-refractivity contribution in [3.05, 3.63) is 71.9 Å². The molecule has 1 heteroatoms. The van der Waals surface area contributed by atoms with E-state index in [0.29, 0.717) is 35.5 Å². The van der Waals surface area contributed by atoms with Crippen molar-refractivity contribution in [2.45, 2.75) is 101 Å². The predicted molar refractivity (Wildman–Crippen MR) is 136 cm³/mol. The second kappa shape index (κ2) is 14.1. The fourth-order valence-corrected chi connectivity index (χ4v) is 3.40. The third kappa shape index (κ3) is 10.0. The van der Waals surface area contributed by atoms with E-state index in [0.717, 1.165) is 0 Å². The van der Waals surface area contributed by atoms with Crippen LogP contribution in [0.2, 0.25) is 0 Å². The summed E-state index contributed by atoms with van der Waals surface area (Å²) in [5.41, 5.74) is 4.43.